The predicted molar refractivity (Wildman–Crippen MR) is 154 cm³/mol. The third-order valence-electron chi connectivity index (χ3n) is 7.48. The first-order valence-electron chi connectivity index (χ1n) is 13.5. The molecule has 1 aromatic carbocycles. The molecule has 2 aliphatic heterocycles. The van der Waals surface area contributed by atoms with Crippen LogP contribution in [-0.2, 0) is 11.3 Å². The number of morpholine rings is 1. The van der Waals surface area contributed by atoms with Gasteiger partial charge in [0.2, 0.25) is 5.95 Å². The third kappa shape index (κ3) is 5.06. The molecule has 2 fully saturated rings. The summed E-state index contributed by atoms with van der Waals surface area (Å²) in [4.78, 5) is 38.4. The minimum Gasteiger partial charge on any atom is -0.378 e. The zero-order valence-corrected chi connectivity index (χ0v) is 23.0. The Bertz CT molecular complexity index is 1690. The van der Waals surface area contributed by atoms with E-state index in [1.807, 2.05) is 24.4 Å². The molecule has 0 bridgehead atoms. The Kier molecular flexibility index (Phi) is 6.88. The lowest BCUT2D eigenvalue weighted by Gasteiger charge is -2.34. The molecule has 41 heavy (non-hydrogen) atoms. The number of thiophene rings is 1. The van der Waals surface area contributed by atoms with Crippen LogP contribution in [0, 0.1) is 0 Å². The third-order valence-corrected chi connectivity index (χ3v) is 8.58. The molecular formula is C27H28N10O3S. The monoisotopic (exact) mass is 572 g/mol. The van der Waals surface area contributed by atoms with Gasteiger partial charge in [-0.15, -0.1) is 11.3 Å². The van der Waals surface area contributed by atoms with Gasteiger partial charge in [0.05, 0.1) is 40.7 Å². The molecule has 0 saturated carbocycles. The van der Waals surface area contributed by atoms with E-state index in [1.54, 1.807) is 16.8 Å². The fourth-order valence-electron chi connectivity index (χ4n) is 5.31. The van der Waals surface area contributed by atoms with Crippen LogP contribution in [0.2, 0.25) is 0 Å². The number of amides is 1. The lowest BCUT2D eigenvalue weighted by molar-refractivity contribution is 0.0705. The maximum Gasteiger partial charge on any atom is 0.277 e. The fourth-order valence-corrected chi connectivity index (χ4v) is 6.46. The molecule has 4 aromatic heterocycles. The molecule has 2 aliphatic rings. The van der Waals surface area contributed by atoms with E-state index in [4.69, 9.17) is 19.9 Å². The molecule has 0 spiro atoms. The van der Waals surface area contributed by atoms with Gasteiger partial charge in [-0.3, -0.25) is 20.0 Å². The highest BCUT2D eigenvalue weighted by atomic mass is 32.1. The summed E-state index contributed by atoms with van der Waals surface area (Å²) >= 11 is 1.76. The number of hydrogen-bond donors (Lipinski definition) is 3. The fraction of sp³-hybridized carbons (Fsp3) is 0.333. The first-order chi connectivity index (χ1) is 20.2. The van der Waals surface area contributed by atoms with Gasteiger partial charge in [-0.1, -0.05) is 12.1 Å². The maximum atomic E-state index is 11.5. The van der Waals surface area contributed by atoms with Crippen molar-refractivity contribution in [3.63, 3.8) is 0 Å². The van der Waals surface area contributed by atoms with Crippen molar-refractivity contribution in [1.29, 1.82) is 0 Å². The Balaban J connectivity index is 1.12. The Morgan fingerprint density at radius 1 is 1.02 bits per heavy atom. The van der Waals surface area contributed by atoms with Crippen LogP contribution in [0.4, 0.5) is 11.8 Å². The number of aromatic amines is 1. The van der Waals surface area contributed by atoms with E-state index in [0.29, 0.717) is 25.0 Å². The summed E-state index contributed by atoms with van der Waals surface area (Å²) in [5, 5.41) is 17.1. The summed E-state index contributed by atoms with van der Waals surface area (Å²) in [7, 11) is 0. The summed E-state index contributed by atoms with van der Waals surface area (Å²) in [6.45, 7) is 7.03. The van der Waals surface area contributed by atoms with Gasteiger partial charge < -0.3 is 14.5 Å². The van der Waals surface area contributed by atoms with Crippen molar-refractivity contribution in [3.05, 3.63) is 53.3 Å². The smallest absolute Gasteiger partial charge is 0.277 e. The molecule has 0 atom stereocenters. The number of aromatic nitrogens is 6. The number of nitrogens with one attached hydrogen (secondary N) is 2. The van der Waals surface area contributed by atoms with E-state index in [9.17, 15) is 4.79 Å². The number of carbonyl (C=O) groups is 1. The molecule has 13 nitrogen and oxygen atoms in total. The van der Waals surface area contributed by atoms with E-state index >= 15 is 0 Å². The van der Waals surface area contributed by atoms with E-state index in [0.717, 1.165) is 78.3 Å². The van der Waals surface area contributed by atoms with Gasteiger partial charge in [0.25, 0.3) is 5.91 Å². The van der Waals surface area contributed by atoms with Crippen LogP contribution in [-0.4, -0.2) is 98.6 Å². The number of rotatable bonds is 6. The van der Waals surface area contributed by atoms with Crippen molar-refractivity contribution in [2.24, 2.45) is 0 Å². The molecule has 0 aliphatic carbocycles. The number of nitrogens with zero attached hydrogens (tertiary/aromatic N) is 8. The minimum atomic E-state index is -0.628. The van der Waals surface area contributed by atoms with Gasteiger partial charge >= 0.3 is 0 Å². The van der Waals surface area contributed by atoms with Crippen LogP contribution >= 0.6 is 11.3 Å². The molecule has 14 heteroatoms. The van der Waals surface area contributed by atoms with Crippen LogP contribution in [0.25, 0.3) is 32.5 Å². The number of piperazine rings is 1. The number of carbonyl (C=O) groups excluding carboxylic acids is 1. The quantitative estimate of drug-likeness (QED) is 0.203. The predicted octanol–water partition coefficient (Wildman–Crippen LogP) is 2.30. The van der Waals surface area contributed by atoms with Gasteiger partial charge in [0.15, 0.2) is 11.6 Å². The summed E-state index contributed by atoms with van der Waals surface area (Å²) in [5.41, 5.74) is 4.69. The number of benzene rings is 1. The molecule has 1 amide bonds. The molecule has 3 N–H and O–H groups in total. The second-order valence-corrected chi connectivity index (χ2v) is 11.1. The molecule has 7 rings (SSSR count). The number of hydroxylamine groups is 1. The summed E-state index contributed by atoms with van der Waals surface area (Å²) in [5.74, 6) is 1.61. The topological polar surface area (TPSA) is 149 Å². The highest BCUT2D eigenvalue weighted by molar-refractivity contribution is 7.19. The zero-order valence-electron chi connectivity index (χ0n) is 22.2. The van der Waals surface area contributed by atoms with Crippen LogP contribution < -0.4 is 15.3 Å². The number of H-pyrrole nitrogens is 1. The second-order valence-electron chi connectivity index (χ2n) is 10.0. The van der Waals surface area contributed by atoms with Gasteiger partial charge in [-0.2, -0.15) is 5.10 Å². The Morgan fingerprint density at radius 2 is 1.83 bits per heavy atom. The van der Waals surface area contributed by atoms with Crippen molar-refractivity contribution in [1.82, 2.24) is 40.5 Å². The van der Waals surface area contributed by atoms with Crippen LogP contribution in [0.3, 0.4) is 0 Å². The SMILES string of the molecule is O=C(NO)c1cnc(N2CCN(Cc3cc4nc(-c5cccc6[nH]ncc56)nc(N5CCOCC5)c4s3)CC2)nc1. The van der Waals surface area contributed by atoms with E-state index < -0.39 is 5.91 Å². The van der Waals surface area contributed by atoms with Crippen LogP contribution in [0.15, 0.2) is 42.9 Å². The largest absolute Gasteiger partial charge is 0.378 e. The number of hydrogen-bond acceptors (Lipinski definition) is 12. The number of fused-ring (bicyclic) bond motifs is 2. The van der Waals surface area contributed by atoms with Gasteiger partial charge in [0, 0.05) is 74.0 Å². The standard InChI is InChI=1S/C27H28N10O3S/c38-26(34-39)17-13-28-27(29-14-17)37-6-4-35(5-7-37)16-18-12-22-23(41-18)25(36-8-10-40-11-9-36)32-24(31-22)19-2-1-3-21-20(19)15-30-33-21/h1-3,12-15,39H,4-11,16H2,(H,30,33)(H,34,38). The summed E-state index contributed by atoms with van der Waals surface area (Å²) < 4.78 is 6.72. The lowest BCUT2D eigenvalue weighted by atomic mass is 10.1. The van der Waals surface area contributed by atoms with E-state index in [2.05, 4.69) is 40.9 Å². The van der Waals surface area contributed by atoms with Gasteiger partial charge in [-0.25, -0.2) is 25.4 Å². The maximum absolute atomic E-state index is 11.5. The second kappa shape index (κ2) is 11.0. The van der Waals surface area contributed by atoms with Gasteiger partial charge in [-0.05, 0) is 12.1 Å². The normalized spacial score (nSPS) is 16.5. The molecule has 6 heterocycles. The number of anilines is 2. The molecule has 210 valence electrons. The highest BCUT2D eigenvalue weighted by Gasteiger charge is 2.23. The highest BCUT2D eigenvalue weighted by Crippen LogP contribution is 2.36. The lowest BCUT2D eigenvalue weighted by Crippen LogP contribution is -2.46. The Hall–Kier alpha value is -4.24. The van der Waals surface area contributed by atoms with Crippen molar-refractivity contribution in [2.75, 3.05) is 62.3 Å². The van der Waals surface area contributed by atoms with Crippen molar-refractivity contribution in [3.8, 4) is 11.4 Å². The average molecular weight is 573 g/mol. The van der Waals surface area contributed by atoms with E-state index in [1.165, 1.54) is 17.3 Å². The summed E-state index contributed by atoms with van der Waals surface area (Å²) in [6, 6.07) is 8.26. The molecule has 0 unspecified atom stereocenters. The first kappa shape index (κ1) is 25.7. The zero-order chi connectivity index (χ0) is 27.8. The molecule has 0 radical (unpaired) electrons. The average Bonchev–Trinajstić information content (AvgIpc) is 3.68. The molecule has 2 saturated heterocycles. The Labute approximate surface area is 238 Å². The molecular weight excluding hydrogens is 544 g/mol. The summed E-state index contributed by atoms with van der Waals surface area (Å²) in [6.07, 6.45) is 4.67. The first-order valence-corrected chi connectivity index (χ1v) is 14.3. The van der Waals surface area contributed by atoms with Crippen LogP contribution in [0.5, 0.6) is 0 Å². The Morgan fingerprint density at radius 3 is 2.61 bits per heavy atom. The van der Waals surface area contributed by atoms with Crippen molar-refractivity contribution < 1.29 is 14.7 Å². The van der Waals surface area contributed by atoms with Gasteiger partial charge in [0.1, 0.15) is 0 Å². The molecule has 5 aromatic rings. The van der Waals surface area contributed by atoms with Crippen molar-refractivity contribution in [2.45, 2.75) is 6.54 Å². The van der Waals surface area contributed by atoms with Crippen molar-refractivity contribution >= 4 is 50.1 Å². The number of ether oxygens (including phenoxy) is 1. The van der Waals surface area contributed by atoms with Crippen LogP contribution in [0.1, 0.15) is 15.2 Å². The van der Waals surface area contributed by atoms with E-state index in [-0.39, 0.29) is 5.56 Å². The minimum absolute atomic E-state index is 0.212.